The normalized spacial score (nSPS) is 11.5. The average Bonchev–Trinajstić information content (AvgIpc) is 2.62. The van der Waals surface area contributed by atoms with Crippen molar-refractivity contribution >= 4 is 11.6 Å². The summed E-state index contributed by atoms with van der Waals surface area (Å²) in [4.78, 5) is 14.8. The Morgan fingerprint density at radius 3 is 2.04 bits per heavy atom. The zero-order chi connectivity index (χ0) is 17.2. The van der Waals surface area contributed by atoms with Crippen LogP contribution < -0.4 is 10.9 Å². The van der Waals surface area contributed by atoms with Gasteiger partial charge in [-0.25, -0.2) is 0 Å². The lowest BCUT2D eigenvalue weighted by molar-refractivity contribution is -0.125. The zero-order valence-electron chi connectivity index (χ0n) is 13.7. The second-order valence-corrected chi connectivity index (χ2v) is 5.32. The van der Waals surface area contributed by atoms with E-state index in [4.69, 9.17) is 0 Å². The summed E-state index contributed by atoms with van der Waals surface area (Å²) in [5.41, 5.74) is 7.51. The van der Waals surface area contributed by atoms with Crippen molar-refractivity contribution in [1.82, 2.24) is 10.3 Å². The number of para-hydroxylation sites is 1. The van der Waals surface area contributed by atoms with Crippen LogP contribution in [0.1, 0.15) is 11.6 Å². The van der Waals surface area contributed by atoms with Crippen molar-refractivity contribution in [2.75, 3.05) is 18.5 Å². The van der Waals surface area contributed by atoms with Gasteiger partial charge in [0.05, 0.1) is 5.69 Å². The van der Waals surface area contributed by atoms with Gasteiger partial charge in [-0.3, -0.25) is 20.5 Å². The summed E-state index contributed by atoms with van der Waals surface area (Å²) in [6, 6.07) is 18.8. The van der Waals surface area contributed by atoms with E-state index >= 15 is 0 Å². The largest absolute Gasteiger partial charge is 0.299 e. The van der Waals surface area contributed by atoms with Crippen molar-refractivity contribution < 1.29 is 4.79 Å². The number of anilines is 1. The average molecular weight is 321 g/mol. The van der Waals surface area contributed by atoms with Crippen molar-refractivity contribution in [3.63, 3.8) is 0 Å². The molecule has 1 atom stereocenters. The molecule has 4 heteroatoms. The van der Waals surface area contributed by atoms with Crippen LogP contribution in [-0.2, 0) is 4.79 Å². The molecule has 2 N–H and O–H groups in total. The van der Waals surface area contributed by atoms with Gasteiger partial charge in [-0.15, -0.1) is 13.2 Å². The van der Waals surface area contributed by atoms with Gasteiger partial charge in [0, 0.05) is 13.1 Å². The maximum Gasteiger partial charge on any atom is 0.260 e. The lowest BCUT2D eigenvalue weighted by Crippen LogP contribution is -2.42. The highest BCUT2D eigenvalue weighted by Gasteiger charge is 2.26. The highest BCUT2D eigenvalue weighted by molar-refractivity contribution is 5.84. The van der Waals surface area contributed by atoms with Gasteiger partial charge in [-0.05, 0) is 17.7 Å². The SMILES string of the molecule is C=CCN(CC=C)[C@H](C(=O)NNc1ccccc1)c1ccccc1. The molecule has 0 fully saturated rings. The standard InChI is InChI=1S/C20H23N3O/c1-3-15-23(16-4-2)19(17-11-7-5-8-12-17)20(24)22-21-18-13-9-6-10-14-18/h3-14,19,21H,1-2,15-16H2,(H,22,24)/t19-/m0/s1. The van der Waals surface area contributed by atoms with Gasteiger partial charge < -0.3 is 0 Å². The first-order chi connectivity index (χ1) is 11.8. The number of rotatable bonds is 9. The predicted octanol–water partition coefficient (Wildman–Crippen LogP) is 3.55. The smallest absolute Gasteiger partial charge is 0.260 e. The summed E-state index contributed by atoms with van der Waals surface area (Å²) >= 11 is 0. The molecule has 0 aliphatic heterocycles. The molecular weight excluding hydrogens is 298 g/mol. The van der Waals surface area contributed by atoms with Crippen LogP contribution in [0.4, 0.5) is 5.69 Å². The molecule has 4 nitrogen and oxygen atoms in total. The molecule has 24 heavy (non-hydrogen) atoms. The van der Waals surface area contributed by atoms with Crippen molar-refractivity contribution in [2.24, 2.45) is 0 Å². The first kappa shape index (κ1) is 17.5. The highest BCUT2D eigenvalue weighted by Crippen LogP contribution is 2.21. The lowest BCUT2D eigenvalue weighted by atomic mass is 10.0. The number of hydrazine groups is 1. The number of carbonyl (C=O) groups excluding carboxylic acids is 1. The van der Waals surface area contributed by atoms with Crippen LogP contribution in [0.5, 0.6) is 0 Å². The monoisotopic (exact) mass is 321 g/mol. The van der Waals surface area contributed by atoms with Crippen LogP contribution in [0.25, 0.3) is 0 Å². The molecule has 2 rings (SSSR count). The fraction of sp³-hybridized carbons (Fsp3) is 0.150. The Hall–Kier alpha value is -2.85. The van der Waals surface area contributed by atoms with Crippen molar-refractivity contribution in [3.05, 3.63) is 91.5 Å². The van der Waals surface area contributed by atoms with Crippen LogP contribution in [-0.4, -0.2) is 23.9 Å². The van der Waals surface area contributed by atoms with Crippen LogP contribution >= 0.6 is 0 Å². The van der Waals surface area contributed by atoms with E-state index in [0.717, 1.165) is 11.3 Å². The third kappa shape index (κ3) is 4.83. The van der Waals surface area contributed by atoms with Crippen LogP contribution in [0, 0.1) is 0 Å². The molecule has 0 aliphatic carbocycles. The molecule has 0 spiro atoms. The Kier molecular flexibility index (Phi) is 6.80. The van der Waals surface area contributed by atoms with E-state index in [1.807, 2.05) is 65.6 Å². The van der Waals surface area contributed by atoms with Crippen LogP contribution in [0.2, 0.25) is 0 Å². The number of nitrogens with one attached hydrogen (secondary N) is 2. The minimum atomic E-state index is -0.432. The van der Waals surface area contributed by atoms with Gasteiger partial charge in [0.25, 0.3) is 5.91 Å². The first-order valence-corrected chi connectivity index (χ1v) is 7.88. The summed E-state index contributed by atoms with van der Waals surface area (Å²) in [6.07, 6.45) is 3.58. The third-order valence-corrected chi connectivity index (χ3v) is 3.56. The summed E-state index contributed by atoms with van der Waals surface area (Å²) in [6.45, 7) is 8.75. The Morgan fingerprint density at radius 2 is 1.50 bits per heavy atom. The third-order valence-electron chi connectivity index (χ3n) is 3.56. The molecular formula is C20H23N3O. The fourth-order valence-corrected chi connectivity index (χ4v) is 2.50. The molecule has 0 aromatic heterocycles. The molecule has 124 valence electrons. The van der Waals surface area contributed by atoms with Crippen LogP contribution in [0.3, 0.4) is 0 Å². The highest BCUT2D eigenvalue weighted by atomic mass is 16.2. The van der Waals surface area contributed by atoms with Gasteiger partial charge >= 0.3 is 0 Å². The Labute approximate surface area is 143 Å². The molecule has 0 aliphatic rings. The zero-order valence-corrected chi connectivity index (χ0v) is 13.7. The molecule has 0 saturated carbocycles. The number of nitrogens with zero attached hydrogens (tertiary/aromatic N) is 1. The van der Waals surface area contributed by atoms with Crippen molar-refractivity contribution in [1.29, 1.82) is 0 Å². The Balaban J connectivity index is 2.19. The van der Waals surface area contributed by atoms with E-state index in [-0.39, 0.29) is 5.91 Å². The molecule has 0 heterocycles. The summed E-state index contributed by atoms with van der Waals surface area (Å²) in [7, 11) is 0. The molecule has 0 unspecified atom stereocenters. The summed E-state index contributed by atoms with van der Waals surface area (Å²) < 4.78 is 0. The topological polar surface area (TPSA) is 44.4 Å². The number of hydrogen-bond acceptors (Lipinski definition) is 3. The number of hydrogen-bond donors (Lipinski definition) is 2. The van der Waals surface area contributed by atoms with Crippen LogP contribution in [0.15, 0.2) is 86.0 Å². The summed E-state index contributed by atoms with van der Waals surface area (Å²) in [5.74, 6) is -0.131. The van der Waals surface area contributed by atoms with Crippen molar-refractivity contribution in [3.8, 4) is 0 Å². The lowest BCUT2D eigenvalue weighted by Gasteiger charge is -2.29. The fourth-order valence-electron chi connectivity index (χ4n) is 2.50. The minimum absolute atomic E-state index is 0.131. The van der Waals surface area contributed by atoms with Gasteiger partial charge in [-0.2, -0.15) is 0 Å². The van der Waals surface area contributed by atoms with E-state index in [0.29, 0.717) is 13.1 Å². The van der Waals surface area contributed by atoms with E-state index < -0.39 is 6.04 Å². The number of carbonyl (C=O) groups is 1. The molecule has 2 aromatic rings. The number of amides is 1. The van der Waals surface area contributed by atoms with E-state index in [1.165, 1.54) is 0 Å². The minimum Gasteiger partial charge on any atom is -0.299 e. The molecule has 0 saturated heterocycles. The van der Waals surface area contributed by atoms with E-state index in [1.54, 1.807) is 12.2 Å². The quantitative estimate of drug-likeness (QED) is 0.548. The summed E-state index contributed by atoms with van der Waals surface area (Å²) in [5, 5.41) is 0. The number of benzene rings is 2. The van der Waals surface area contributed by atoms with Gasteiger partial charge in [0.1, 0.15) is 6.04 Å². The predicted molar refractivity (Wildman–Crippen MR) is 99.4 cm³/mol. The maximum absolute atomic E-state index is 12.8. The maximum atomic E-state index is 12.8. The van der Waals surface area contributed by atoms with Gasteiger partial charge in [-0.1, -0.05) is 60.7 Å². The van der Waals surface area contributed by atoms with E-state index in [9.17, 15) is 4.79 Å². The van der Waals surface area contributed by atoms with Crippen molar-refractivity contribution in [2.45, 2.75) is 6.04 Å². The molecule has 0 bridgehead atoms. The van der Waals surface area contributed by atoms with Gasteiger partial charge in [0.2, 0.25) is 0 Å². The molecule has 0 radical (unpaired) electrons. The Bertz CT molecular complexity index is 645. The first-order valence-electron chi connectivity index (χ1n) is 7.88. The Morgan fingerprint density at radius 1 is 0.958 bits per heavy atom. The van der Waals surface area contributed by atoms with Gasteiger partial charge in [0.15, 0.2) is 0 Å². The van der Waals surface area contributed by atoms with E-state index in [2.05, 4.69) is 24.0 Å². The molecule has 2 aromatic carbocycles. The second-order valence-electron chi connectivity index (χ2n) is 5.32. The molecule has 1 amide bonds. The second kappa shape index (κ2) is 9.33.